The third-order valence-electron chi connectivity index (χ3n) is 2.46. The van der Waals surface area contributed by atoms with Gasteiger partial charge >= 0.3 is 0 Å². The lowest BCUT2D eigenvalue weighted by atomic mass is 10.1. The number of pyridine rings is 1. The zero-order chi connectivity index (χ0) is 12.3. The molecule has 0 saturated heterocycles. The Kier molecular flexibility index (Phi) is 3.81. The van der Waals surface area contributed by atoms with Crippen LogP contribution in [0.4, 0.5) is 0 Å². The Bertz CT molecular complexity index is 466. The van der Waals surface area contributed by atoms with E-state index in [2.05, 4.69) is 10.1 Å². The molecule has 2 unspecified atom stereocenters. The van der Waals surface area contributed by atoms with E-state index >= 15 is 0 Å². The highest BCUT2D eigenvalue weighted by molar-refractivity contribution is 7.99. The molecule has 0 radical (unpaired) electrons. The third kappa shape index (κ3) is 3.08. The smallest absolute Gasteiger partial charge is 0.0626 e. The van der Waals surface area contributed by atoms with Crippen molar-refractivity contribution in [1.29, 1.82) is 0 Å². The summed E-state index contributed by atoms with van der Waals surface area (Å²) < 4.78 is 1.80. The fraction of sp³-hybridized carbons (Fsp3) is 0.333. The molecule has 2 N–H and O–H groups in total. The van der Waals surface area contributed by atoms with Crippen LogP contribution in [0.1, 0.15) is 17.7 Å². The molecule has 2 aromatic rings. The second-order valence-electron chi connectivity index (χ2n) is 4.03. The number of nitrogens with two attached hydrogens (primary N) is 1. The zero-order valence-electron chi connectivity index (χ0n) is 9.95. The van der Waals surface area contributed by atoms with Gasteiger partial charge in [0.05, 0.1) is 6.20 Å². The second kappa shape index (κ2) is 5.33. The number of hydrogen-bond acceptors (Lipinski definition) is 4. The van der Waals surface area contributed by atoms with Gasteiger partial charge in [0.2, 0.25) is 0 Å². The first kappa shape index (κ1) is 12.1. The largest absolute Gasteiger partial charge is 0.327 e. The Labute approximate surface area is 105 Å². The van der Waals surface area contributed by atoms with Crippen LogP contribution in [-0.4, -0.2) is 20.8 Å². The van der Waals surface area contributed by atoms with Crippen LogP contribution in [0.5, 0.6) is 0 Å². The molecule has 0 bridgehead atoms. The summed E-state index contributed by atoms with van der Waals surface area (Å²) in [4.78, 5) is 5.16. The first-order chi connectivity index (χ1) is 8.16. The first-order valence-corrected chi connectivity index (χ1v) is 6.35. The van der Waals surface area contributed by atoms with Crippen LogP contribution in [-0.2, 0) is 7.05 Å². The van der Waals surface area contributed by atoms with Crippen molar-refractivity contribution in [2.24, 2.45) is 12.8 Å². The van der Waals surface area contributed by atoms with Gasteiger partial charge in [-0.15, -0.1) is 11.8 Å². The van der Waals surface area contributed by atoms with E-state index in [1.165, 1.54) is 5.56 Å². The van der Waals surface area contributed by atoms with Crippen molar-refractivity contribution in [3.05, 3.63) is 42.5 Å². The summed E-state index contributed by atoms with van der Waals surface area (Å²) in [6.45, 7) is 2.02. The Morgan fingerprint density at radius 1 is 1.35 bits per heavy atom. The van der Waals surface area contributed by atoms with E-state index < -0.39 is 0 Å². The van der Waals surface area contributed by atoms with Crippen LogP contribution in [0.25, 0.3) is 0 Å². The number of rotatable bonds is 4. The predicted molar refractivity (Wildman–Crippen MR) is 69.7 cm³/mol. The molecule has 0 aromatic carbocycles. The van der Waals surface area contributed by atoms with Crippen molar-refractivity contribution >= 4 is 11.8 Å². The number of aryl methyl sites for hydroxylation is 1. The molecule has 5 heteroatoms. The summed E-state index contributed by atoms with van der Waals surface area (Å²) >= 11 is 1.73. The average molecular weight is 248 g/mol. The third-order valence-corrected chi connectivity index (χ3v) is 3.89. The molecule has 2 heterocycles. The maximum Gasteiger partial charge on any atom is 0.0626 e. The van der Waals surface area contributed by atoms with Gasteiger partial charge in [0.15, 0.2) is 0 Å². The van der Waals surface area contributed by atoms with Gasteiger partial charge in [0.25, 0.3) is 0 Å². The van der Waals surface area contributed by atoms with Gasteiger partial charge < -0.3 is 5.73 Å². The molecule has 0 aliphatic heterocycles. The molecular formula is C12H16N4S. The molecule has 2 aromatic heterocycles. The summed E-state index contributed by atoms with van der Waals surface area (Å²) in [5, 5.41) is 4.39. The second-order valence-corrected chi connectivity index (χ2v) is 5.24. The zero-order valence-corrected chi connectivity index (χ0v) is 10.8. The topological polar surface area (TPSA) is 56.7 Å². The van der Waals surface area contributed by atoms with E-state index in [0.29, 0.717) is 0 Å². The number of thioether (sulfide) groups is 1. The van der Waals surface area contributed by atoms with E-state index in [0.717, 1.165) is 4.90 Å². The fourth-order valence-corrected chi connectivity index (χ4v) is 2.76. The first-order valence-electron chi connectivity index (χ1n) is 5.47. The Morgan fingerprint density at radius 3 is 2.59 bits per heavy atom. The van der Waals surface area contributed by atoms with E-state index in [1.54, 1.807) is 28.8 Å². The predicted octanol–water partition coefficient (Wildman–Crippen LogP) is 2.00. The minimum atomic E-state index is 0.0719. The van der Waals surface area contributed by atoms with Crippen LogP contribution in [0.2, 0.25) is 0 Å². The van der Waals surface area contributed by atoms with Gasteiger partial charge in [-0.25, -0.2) is 0 Å². The van der Waals surface area contributed by atoms with Gasteiger partial charge in [0, 0.05) is 41.8 Å². The summed E-state index contributed by atoms with van der Waals surface area (Å²) in [7, 11) is 1.91. The highest BCUT2D eigenvalue weighted by Gasteiger charge is 2.18. The maximum absolute atomic E-state index is 6.05. The molecule has 0 aliphatic rings. The lowest BCUT2D eigenvalue weighted by molar-refractivity contribution is 0.720. The van der Waals surface area contributed by atoms with Crippen LogP contribution in [0, 0.1) is 0 Å². The average Bonchev–Trinajstić information content (AvgIpc) is 2.73. The van der Waals surface area contributed by atoms with Gasteiger partial charge in [-0.1, -0.05) is 0 Å². The highest BCUT2D eigenvalue weighted by atomic mass is 32.2. The molecule has 4 nitrogen and oxygen atoms in total. The van der Waals surface area contributed by atoms with Crippen LogP contribution in [0.15, 0.2) is 41.8 Å². The monoisotopic (exact) mass is 248 g/mol. The lowest BCUT2D eigenvalue weighted by Gasteiger charge is -2.19. The molecule has 17 heavy (non-hydrogen) atoms. The van der Waals surface area contributed by atoms with Crippen molar-refractivity contribution in [2.45, 2.75) is 23.1 Å². The van der Waals surface area contributed by atoms with Crippen molar-refractivity contribution in [3.63, 3.8) is 0 Å². The van der Waals surface area contributed by atoms with Crippen molar-refractivity contribution < 1.29 is 0 Å². The van der Waals surface area contributed by atoms with Gasteiger partial charge in [-0.3, -0.25) is 9.67 Å². The Balaban J connectivity index is 2.19. The fourth-order valence-electron chi connectivity index (χ4n) is 1.64. The quantitative estimate of drug-likeness (QED) is 0.841. The summed E-state index contributed by atoms with van der Waals surface area (Å²) in [6, 6.07) is 4.09. The van der Waals surface area contributed by atoms with Gasteiger partial charge in [-0.2, -0.15) is 5.10 Å². The van der Waals surface area contributed by atoms with Crippen LogP contribution < -0.4 is 5.73 Å². The molecule has 0 amide bonds. The molecular weight excluding hydrogens is 232 g/mol. The summed E-state index contributed by atoms with van der Waals surface area (Å²) in [5.41, 5.74) is 7.25. The maximum atomic E-state index is 6.05. The number of nitrogens with zero attached hydrogens (tertiary/aromatic N) is 3. The highest BCUT2D eigenvalue weighted by Crippen LogP contribution is 2.36. The van der Waals surface area contributed by atoms with Crippen LogP contribution in [0.3, 0.4) is 0 Å². The molecule has 2 atom stereocenters. The molecule has 0 fully saturated rings. The minimum absolute atomic E-state index is 0.0719. The van der Waals surface area contributed by atoms with Gasteiger partial charge in [-0.05, 0) is 24.6 Å². The summed E-state index contributed by atoms with van der Waals surface area (Å²) in [6.07, 6.45) is 7.46. The summed E-state index contributed by atoms with van der Waals surface area (Å²) in [5.74, 6) is 0. The normalized spacial score (nSPS) is 14.5. The number of aromatic nitrogens is 3. The van der Waals surface area contributed by atoms with Crippen molar-refractivity contribution in [2.75, 3.05) is 0 Å². The van der Waals surface area contributed by atoms with E-state index in [1.807, 2.05) is 38.5 Å². The van der Waals surface area contributed by atoms with E-state index in [4.69, 9.17) is 5.73 Å². The molecule has 90 valence electrons. The standard InChI is InChI=1S/C12H16N4S/c1-9(13)12(10-3-5-14-6-4-10)17-11-7-15-16(2)8-11/h3-9,12H,13H2,1-2H3. The van der Waals surface area contributed by atoms with Crippen LogP contribution >= 0.6 is 11.8 Å². The Morgan fingerprint density at radius 2 is 2.06 bits per heavy atom. The molecule has 0 saturated carbocycles. The van der Waals surface area contributed by atoms with Crippen molar-refractivity contribution in [1.82, 2.24) is 14.8 Å². The van der Waals surface area contributed by atoms with E-state index in [-0.39, 0.29) is 11.3 Å². The Hall–Kier alpha value is -1.33. The SMILES string of the molecule is CC(N)C(Sc1cnn(C)c1)c1ccncc1. The van der Waals surface area contributed by atoms with Gasteiger partial charge in [0.1, 0.15) is 0 Å². The lowest BCUT2D eigenvalue weighted by Crippen LogP contribution is -2.22. The number of hydrogen-bond donors (Lipinski definition) is 1. The molecule has 2 rings (SSSR count). The molecule has 0 aliphatic carbocycles. The minimum Gasteiger partial charge on any atom is -0.327 e. The molecule has 0 spiro atoms. The van der Waals surface area contributed by atoms with E-state index in [9.17, 15) is 0 Å². The van der Waals surface area contributed by atoms with Crippen molar-refractivity contribution in [3.8, 4) is 0 Å².